The van der Waals surface area contributed by atoms with Crippen LogP contribution in [0.2, 0.25) is 0 Å². The van der Waals surface area contributed by atoms with Crippen molar-refractivity contribution >= 4 is 5.91 Å². The maximum atomic E-state index is 12.3. The van der Waals surface area contributed by atoms with Gasteiger partial charge in [0.25, 0.3) is 5.91 Å². The van der Waals surface area contributed by atoms with E-state index in [1.165, 1.54) is 5.57 Å². The van der Waals surface area contributed by atoms with Crippen LogP contribution in [0.5, 0.6) is 0 Å². The first-order valence-corrected chi connectivity index (χ1v) is 6.31. The summed E-state index contributed by atoms with van der Waals surface area (Å²) >= 11 is 0. The molecule has 0 radical (unpaired) electrons. The molecular formula is C12H17N5O. The Bertz CT molecular complexity index is 488. The molecule has 3 heterocycles. The molecule has 6 heteroatoms. The highest BCUT2D eigenvalue weighted by atomic mass is 16.2. The summed E-state index contributed by atoms with van der Waals surface area (Å²) in [7, 11) is 0. The fourth-order valence-corrected chi connectivity index (χ4v) is 2.26. The van der Waals surface area contributed by atoms with Crippen LogP contribution in [0.15, 0.2) is 17.8 Å². The van der Waals surface area contributed by atoms with E-state index in [1.54, 1.807) is 10.9 Å². The number of carbonyl (C=O) groups is 1. The molecule has 2 aliphatic heterocycles. The Morgan fingerprint density at radius 1 is 1.50 bits per heavy atom. The largest absolute Gasteiger partial charge is 0.333 e. The maximum Gasteiger partial charge on any atom is 0.276 e. The van der Waals surface area contributed by atoms with Crippen LogP contribution in [0.4, 0.5) is 0 Å². The van der Waals surface area contributed by atoms with E-state index in [-0.39, 0.29) is 5.91 Å². The molecule has 18 heavy (non-hydrogen) atoms. The first kappa shape index (κ1) is 11.4. The molecule has 6 nitrogen and oxygen atoms in total. The highest BCUT2D eigenvalue weighted by molar-refractivity contribution is 5.92. The summed E-state index contributed by atoms with van der Waals surface area (Å²) in [5.41, 5.74) is 1.70. The van der Waals surface area contributed by atoms with Gasteiger partial charge in [-0.1, -0.05) is 16.9 Å². The van der Waals surface area contributed by atoms with Crippen LogP contribution in [-0.2, 0) is 0 Å². The molecule has 0 bridgehead atoms. The molecule has 0 atom stereocenters. The van der Waals surface area contributed by atoms with Crippen molar-refractivity contribution in [1.29, 1.82) is 0 Å². The smallest absolute Gasteiger partial charge is 0.276 e. The van der Waals surface area contributed by atoms with Gasteiger partial charge in [-0.05, 0) is 13.3 Å². The number of rotatable bonds is 2. The van der Waals surface area contributed by atoms with Gasteiger partial charge in [-0.3, -0.25) is 4.79 Å². The van der Waals surface area contributed by atoms with Crippen molar-refractivity contribution in [2.45, 2.75) is 19.4 Å². The lowest BCUT2D eigenvalue weighted by atomic mass is 10.1. The molecule has 0 saturated carbocycles. The zero-order valence-corrected chi connectivity index (χ0v) is 10.5. The average molecular weight is 247 g/mol. The summed E-state index contributed by atoms with van der Waals surface area (Å²) in [6, 6.07) is 0.349. The quantitative estimate of drug-likeness (QED) is 0.759. The van der Waals surface area contributed by atoms with Crippen LogP contribution in [0, 0.1) is 0 Å². The van der Waals surface area contributed by atoms with E-state index in [2.05, 4.69) is 28.6 Å². The summed E-state index contributed by atoms with van der Waals surface area (Å²) in [5.74, 6) is -0.0130. The standard InChI is InChI=1S/C12H17N5O/c1-9-3-2-4-16(7-9)12(18)11-8-17(15-14-11)10-5-13-6-10/h3,8,10,13H,2,4-7H2,1H3. The molecule has 1 N–H and O–H groups in total. The van der Waals surface area contributed by atoms with Gasteiger partial charge in [-0.25, -0.2) is 4.68 Å². The minimum atomic E-state index is -0.0130. The first-order chi connectivity index (χ1) is 8.74. The van der Waals surface area contributed by atoms with Gasteiger partial charge in [0.2, 0.25) is 0 Å². The zero-order chi connectivity index (χ0) is 12.5. The number of carbonyl (C=O) groups excluding carboxylic acids is 1. The van der Waals surface area contributed by atoms with Crippen molar-refractivity contribution in [3.05, 3.63) is 23.5 Å². The molecule has 96 valence electrons. The van der Waals surface area contributed by atoms with Crippen molar-refractivity contribution in [1.82, 2.24) is 25.2 Å². The summed E-state index contributed by atoms with van der Waals surface area (Å²) in [6.45, 7) is 5.34. The Balaban J connectivity index is 1.71. The lowest BCUT2D eigenvalue weighted by molar-refractivity contribution is 0.0760. The van der Waals surface area contributed by atoms with E-state index < -0.39 is 0 Å². The summed E-state index contributed by atoms with van der Waals surface area (Å²) in [5, 5.41) is 11.2. The Morgan fingerprint density at radius 3 is 3.00 bits per heavy atom. The molecule has 1 saturated heterocycles. The van der Waals surface area contributed by atoms with Gasteiger partial charge in [0, 0.05) is 26.2 Å². The summed E-state index contributed by atoms with van der Waals surface area (Å²) in [6.07, 6.45) is 4.88. The minimum Gasteiger partial charge on any atom is -0.333 e. The van der Waals surface area contributed by atoms with Gasteiger partial charge < -0.3 is 10.2 Å². The van der Waals surface area contributed by atoms with Gasteiger partial charge in [-0.15, -0.1) is 5.10 Å². The number of aromatic nitrogens is 3. The van der Waals surface area contributed by atoms with Crippen molar-refractivity contribution in [2.24, 2.45) is 0 Å². The molecule has 1 aromatic rings. The Morgan fingerprint density at radius 2 is 2.33 bits per heavy atom. The molecule has 1 amide bonds. The van der Waals surface area contributed by atoms with Crippen LogP contribution in [0.1, 0.15) is 29.9 Å². The van der Waals surface area contributed by atoms with Crippen LogP contribution in [0.3, 0.4) is 0 Å². The highest BCUT2D eigenvalue weighted by Crippen LogP contribution is 2.14. The second kappa shape index (κ2) is 4.53. The third kappa shape index (κ3) is 2.03. The van der Waals surface area contributed by atoms with Crippen molar-refractivity contribution in [3.63, 3.8) is 0 Å². The minimum absolute atomic E-state index is 0.0130. The van der Waals surface area contributed by atoms with Crippen LogP contribution in [0.25, 0.3) is 0 Å². The lowest BCUT2D eigenvalue weighted by Crippen LogP contribution is -2.43. The SMILES string of the molecule is CC1=CCCN(C(=O)c2cn(C3CNC3)nn2)C1. The van der Waals surface area contributed by atoms with Gasteiger partial charge in [0.1, 0.15) is 0 Å². The monoisotopic (exact) mass is 247 g/mol. The third-order valence-corrected chi connectivity index (χ3v) is 3.48. The van der Waals surface area contributed by atoms with E-state index in [0.29, 0.717) is 18.3 Å². The maximum absolute atomic E-state index is 12.3. The van der Waals surface area contributed by atoms with Gasteiger partial charge in [0.15, 0.2) is 5.69 Å². The Kier molecular flexibility index (Phi) is 2.87. The predicted octanol–water partition coefficient (Wildman–Crippen LogP) is 0.215. The molecular weight excluding hydrogens is 230 g/mol. The highest BCUT2D eigenvalue weighted by Gasteiger charge is 2.24. The lowest BCUT2D eigenvalue weighted by Gasteiger charge is -2.26. The molecule has 0 spiro atoms. The number of hydrogen-bond acceptors (Lipinski definition) is 4. The number of nitrogens with one attached hydrogen (secondary N) is 1. The van der Waals surface area contributed by atoms with E-state index in [1.807, 2.05) is 4.90 Å². The summed E-state index contributed by atoms with van der Waals surface area (Å²) < 4.78 is 1.79. The fourth-order valence-electron chi connectivity index (χ4n) is 2.26. The van der Waals surface area contributed by atoms with E-state index in [4.69, 9.17) is 0 Å². The van der Waals surface area contributed by atoms with E-state index in [9.17, 15) is 4.79 Å². The predicted molar refractivity (Wildman–Crippen MR) is 66.2 cm³/mol. The Hall–Kier alpha value is -1.69. The molecule has 3 rings (SSSR count). The molecule has 0 unspecified atom stereocenters. The number of hydrogen-bond donors (Lipinski definition) is 1. The van der Waals surface area contributed by atoms with E-state index >= 15 is 0 Å². The molecule has 1 aromatic heterocycles. The molecule has 2 aliphatic rings. The second-order valence-electron chi connectivity index (χ2n) is 4.96. The van der Waals surface area contributed by atoms with E-state index in [0.717, 1.165) is 26.1 Å². The van der Waals surface area contributed by atoms with Gasteiger partial charge >= 0.3 is 0 Å². The van der Waals surface area contributed by atoms with Crippen LogP contribution in [-0.4, -0.2) is 52.0 Å². The number of nitrogens with zero attached hydrogens (tertiary/aromatic N) is 4. The third-order valence-electron chi connectivity index (χ3n) is 3.48. The Labute approximate surface area is 106 Å². The van der Waals surface area contributed by atoms with Crippen LogP contribution < -0.4 is 5.32 Å². The normalized spacial score (nSPS) is 20.5. The van der Waals surface area contributed by atoms with Gasteiger partial charge in [0.05, 0.1) is 12.2 Å². The molecule has 0 aliphatic carbocycles. The second-order valence-corrected chi connectivity index (χ2v) is 4.96. The van der Waals surface area contributed by atoms with Crippen LogP contribution >= 0.6 is 0 Å². The summed E-state index contributed by atoms with van der Waals surface area (Å²) in [4.78, 5) is 14.1. The molecule has 1 fully saturated rings. The topological polar surface area (TPSA) is 63.1 Å². The number of amides is 1. The first-order valence-electron chi connectivity index (χ1n) is 6.31. The van der Waals surface area contributed by atoms with Crippen molar-refractivity contribution in [3.8, 4) is 0 Å². The van der Waals surface area contributed by atoms with Crippen molar-refractivity contribution in [2.75, 3.05) is 26.2 Å². The van der Waals surface area contributed by atoms with Crippen molar-refractivity contribution < 1.29 is 4.79 Å². The molecule has 0 aromatic carbocycles. The van der Waals surface area contributed by atoms with Gasteiger partial charge in [-0.2, -0.15) is 0 Å². The average Bonchev–Trinajstić information content (AvgIpc) is 2.75. The fraction of sp³-hybridized carbons (Fsp3) is 0.583. The zero-order valence-electron chi connectivity index (χ0n) is 10.5.